The minimum Gasteiger partial charge on any atom is -0.494 e. The first-order chi connectivity index (χ1) is 16.3. The number of sulfonamides is 1. The SMILES string of the molecule is CCOc1ccc(S(=O)(=O)Nc2ccc(C(=O)Nc3ccc4c(c3)CCN4C(C)=O)cc2)cc1. The topological polar surface area (TPSA) is 105 Å². The Hall–Kier alpha value is -3.85. The summed E-state index contributed by atoms with van der Waals surface area (Å²) in [6.07, 6.45) is 0.738. The molecule has 34 heavy (non-hydrogen) atoms. The van der Waals surface area contributed by atoms with E-state index in [-0.39, 0.29) is 16.7 Å². The normalized spacial score (nSPS) is 12.7. The second-order valence-electron chi connectivity index (χ2n) is 7.81. The highest BCUT2D eigenvalue weighted by molar-refractivity contribution is 7.92. The Morgan fingerprint density at radius 1 is 0.971 bits per heavy atom. The van der Waals surface area contributed by atoms with Gasteiger partial charge < -0.3 is 15.0 Å². The van der Waals surface area contributed by atoms with Crippen LogP contribution in [0.2, 0.25) is 0 Å². The number of hydrogen-bond donors (Lipinski definition) is 2. The van der Waals surface area contributed by atoms with Crippen molar-refractivity contribution in [1.29, 1.82) is 0 Å². The van der Waals surface area contributed by atoms with Crippen molar-refractivity contribution in [1.82, 2.24) is 0 Å². The monoisotopic (exact) mass is 479 g/mol. The molecule has 0 saturated heterocycles. The van der Waals surface area contributed by atoms with Gasteiger partial charge in [-0.25, -0.2) is 8.42 Å². The molecular weight excluding hydrogens is 454 g/mol. The van der Waals surface area contributed by atoms with Crippen LogP contribution < -0.4 is 19.7 Å². The van der Waals surface area contributed by atoms with E-state index < -0.39 is 10.0 Å². The van der Waals surface area contributed by atoms with Gasteiger partial charge in [-0.1, -0.05) is 0 Å². The zero-order chi connectivity index (χ0) is 24.3. The van der Waals surface area contributed by atoms with E-state index in [2.05, 4.69) is 10.0 Å². The maximum atomic E-state index is 12.7. The van der Waals surface area contributed by atoms with Crippen molar-refractivity contribution in [2.75, 3.05) is 28.1 Å². The Kier molecular flexibility index (Phi) is 6.56. The number of rotatable bonds is 7. The molecule has 0 saturated carbocycles. The Labute approximate surface area is 198 Å². The number of benzene rings is 3. The summed E-state index contributed by atoms with van der Waals surface area (Å²) < 4.78 is 33.1. The van der Waals surface area contributed by atoms with Gasteiger partial charge in [-0.2, -0.15) is 0 Å². The van der Waals surface area contributed by atoms with Gasteiger partial charge >= 0.3 is 0 Å². The number of carbonyl (C=O) groups is 2. The van der Waals surface area contributed by atoms with Gasteiger partial charge in [0.05, 0.1) is 11.5 Å². The van der Waals surface area contributed by atoms with Crippen LogP contribution in [-0.4, -0.2) is 33.4 Å². The van der Waals surface area contributed by atoms with Crippen LogP contribution in [0, 0.1) is 0 Å². The molecule has 176 valence electrons. The third-order valence-corrected chi connectivity index (χ3v) is 6.85. The quantitative estimate of drug-likeness (QED) is 0.532. The number of anilines is 3. The first-order valence-electron chi connectivity index (χ1n) is 10.8. The highest BCUT2D eigenvalue weighted by Gasteiger charge is 2.22. The molecule has 0 fully saturated rings. The molecule has 1 aliphatic heterocycles. The average Bonchev–Trinajstić information content (AvgIpc) is 3.23. The maximum absolute atomic E-state index is 12.7. The maximum Gasteiger partial charge on any atom is 0.261 e. The lowest BCUT2D eigenvalue weighted by molar-refractivity contribution is -0.116. The molecule has 0 bridgehead atoms. The molecule has 4 rings (SSSR count). The van der Waals surface area contributed by atoms with Crippen molar-refractivity contribution in [3.05, 3.63) is 77.9 Å². The molecule has 0 aliphatic carbocycles. The third-order valence-electron chi connectivity index (χ3n) is 5.46. The van der Waals surface area contributed by atoms with Crippen molar-refractivity contribution in [3.63, 3.8) is 0 Å². The number of fused-ring (bicyclic) bond motifs is 1. The Morgan fingerprint density at radius 3 is 2.29 bits per heavy atom. The second kappa shape index (κ2) is 9.56. The van der Waals surface area contributed by atoms with E-state index >= 15 is 0 Å². The van der Waals surface area contributed by atoms with Crippen LogP contribution in [0.25, 0.3) is 0 Å². The van der Waals surface area contributed by atoms with Crippen molar-refractivity contribution >= 4 is 38.9 Å². The fourth-order valence-electron chi connectivity index (χ4n) is 3.80. The van der Waals surface area contributed by atoms with E-state index in [0.717, 1.165) is 17.7 Å². The van der Waals surface area contributed by atoms with Gasteiger partial charge in [0.1, 0.15) is 5.75 Å². The van der Waals surface area contributed by atoms with E-state index in [1.165, 1.54) is 31.2 Å². The fraction of sp³-hybridized carbons (Fsp3) is 0.200. The molecule has 0 unspecified atom stereocenters. The standard InChI is InChI=1S/C25H25N3O5S/c1-3-33-22-9-11-23(12-10-22)34(31,32)27-20-6-4-18(5-7-20)25(30)26-21-8-13-24-19(16-21)14-15-28(24)17(2)29/h4-13,16,27H,3,14-15H2,1-2H3,(H,26,30). The van der Waals surface area contributed by atoms with Gasteiger partial charge in [-0.3, -0.25) is 14.3 Å². The molecule has 2 amide bonds. The molecule has 1 heterocycles. The number of ether oxygens (including phenoxy) is 1. The summed E-state index contributed by atoms with van der Waals surface area (Å²) in [6, 6.07) is 17.8. The lowest BCUT2D eigenvalue weighted by Gasteiger charge is -2.15. The molecular formula is C25H25N3O5S. The van der Waals surface area contributed by atoms with E-state index in [0.29, 0.717) is 35.8 Å². The van der Waals surface area contributed by atoms with Crippen LogP contribution in [0.4, 0.5) is 17.1 Å². The van der Waals surface area contributed by atoms with Crippen LogP contribution in [-0.2, 0) is 21.2 Å². The van der Waals surface area contributed by atoms with Crippen molar-refractivity contribution in [2.45, 2.75) is 25.2 Å². The number of hydrogen-bond acceptors (Lipinski definition) is 5. The largest absolute Gasteiger partial charge is 0.494 e. The van der Waals surface area contributed by atoms with Crippen molar-refractivity contribution in [2.24, 2.45) is 0 Å². The number of nitrogens with zero attached hydrogens (tertiary/aromatic N) is 1. The minimum atomic E-state index is -3.78. The average molecular weight is 480 g/mol. The number of carbonyl (C=O) groups excluding carboxylic acids is 2. The molecule has 1 aliphatic rings. The zero-order valence-corrected chi connectivity index (χ0v) is 19.7. The Bertz CT molecular complexity index is 1320. The van der Waals surface area contributed by atoms with E-state index in [1.807, 2.05) is 19.1 Å². The van der Waals surface area contributed by atoms with E-state index in [4.69, 9.17) is 4.74 Å². The summed E-state index contributed by atoms with van der Waals surface area (Å²) in [6.45, 7) is 4.52. The highest BCUT2D eigenvalue weighted by Crippen LogP contribution is 2.30. The number of nitrogens with one attached hydrogen (secondary N) is 2. The molecule has 3 aromatic carbocycles. The second-order valence-corrected chi connectivity index (χ2v) is 9.49. The van der Waals surface area contributed by atoms with Gasteiger partial charge in [0, 0.05) is 36.1 Å². The number of amides is 2. The minimum absolute atomic E-state index is 0.00577. The molecule has 3 aromatic rings. The van der Waals surface area contributed by atoms with Gasteiger partial charge in [0.15, 0.2) is 0 Å². The Morgan fingerprint density at radius 2 is 1.65 bits per heavy atom. The summed E-state index contributed by atoms with van der Waals surface area (Å²) >= 11 is 0. The zero-order valence-electron chi connectivity index (χ0n) is 18.9. The smallest absolute Gasteiger partial charge is 0.261 e. The highest BCUT2D eigenvalue weighted by atomic mass is 32.2. The lowest BCUT2D eigenvalue weighted by atomic mass is 10.1. The predicted octanol–water partition coefficient (Wildman–Crippen LogP) is 4.05. The first kappa shape index (κ1) is 23.3. The van der Waals surface area contributed by atoms with Gasteiger partial charge in [-0.05, 0) is 85.6 Å². The van der Waals surface area contributed by atoms with Crippen LogP contribution in [0.15, 0.2) is 71.6 Å². The van der Waals surface area contributed by atoms with Gasteiger partial charge in [0.25, 0.3) is 15.9 Å². The summed E-state index contributed by atoms with van der Waals surface area (Å²) in [5.41, 5.74) is 3.23. The molecule has 0 spiro atoms. The fourth-order valence-corrected chi connectivity index (χ4v) is 4.85. The first-order valence-corrected chi connectivity index (χ1v) is 12.3. The van der Waals surface area contributed by atoms with Crippen LogP contribution in [0.5, 0.6) is 5.75 Å². The van der Waals surface area contributed by atoms with E-state index in [9.17, 15) is 18.0 Å². The molecule has 2 N–H and O–H groups in total. The molecule has 0 aromatic heterocycles. The lowest BCUT2D eigenvalue weighted by Crippen LogP contribution is -2.25. The summed E-state index contributed by atoms with van der Waals surface area (Å²) in [5.74, 6) is 0.271. The molecule has 8 nitrogen and oxygen atoms in total. The Balaban J connectivity index is 1.41. The van der Waals surface area contributed by atoms with Crippen molar-refractivity contribution in [3.8, 4) is 5.75 Å². The predicted molar refractivity (Wildman–Crippen MR) is 131 cm³/mol. The van der Waals surface area contributed by atoms with Crippen LogP contribution in [0.1, 0.15) is 29.8 Å². The van der Waals surface area contributed by atoms with E-state index in [1.54, 1.807) is 35.2 Å². The summed E-state index contributed by atoms with van der Waals surface area (Å²) in [5, 5.41) is 2.85. The van der Waals surface area contributed by atoms with Crippen LogP contribution in [0.3, 0.4) is 0 Å². The summed E-state index contributed by atoms with van der Waals surface area (Å²) in [4.78, 5) is 26.2. The van der Waals surface area contributed by atoms with Crippen molar-refractivity contribution < 1.29 is 22.7 Å². The molecule has 0 radical (unpaired) electrons. The van der Waals surface area contributed by atoms with Gasteiger partial charge in [0.2, 0.25) is 5.91 Å². The molecule has 0 atom stereocenters. The van der Waals surface area contributed by atoms with Crippen LogP contribution >= 0.6 is 0 Å². The summed E-state index contributed by atoms with van der Waals surface area (Å²) in [7, 11) is -3.78. The molecule has 9 heteroatoms. The van der Waals surface area contributed by atoms with Gasteiger partial charge in [-0.15, -0.1) is 0 Å². The third kappa shape index (κ3) is 5.04.